The smallest absolute Gasteiger partial charge is 0.316 e. The Morgan fingerprint density at radius 2 is 1.77 bits per heavy atom. The van der Waals surface area contributed by atoms with Gasteiger partial charge < -0.3 is 5.11 Å². The number of hydrogen-bond donors (Lipinski definition) is 2. The number of aliphatic carboxylic acids is 1. The van der Waals surface area contributed by atoms with Crippen LogP contribution in [0.2, 0.25) is 0 Å². The van der Waals surface area contributed by atoms with Crippen LogP contribution in [0.15, 0.2) is 0 Å². The predicted molar refractivity (Wildman–Crippen MR) is 58.3 cm³/mol. The molecule has 0 fully saturated rings. The van der Waals surface area contributed by atoms with Crippen molar-refractivity contribution in [3.05, 3.63) is 0 Å². The molecule has 1 atom stereocenters. The molecular formula is C10H20O2S. The van der Waals surface area contributed by atoms with Crippen LogP contribution in [0.4, 0.5) is 0 Å². The maximum Gasteiger partial charge on any atom is 0.316 e. The molecule has 0 saturated carbocycles. The lowest BCUT2D eigenvalue weighted by atomic mass is 10.0. The molecule has 1 N–H and O–H groups in total. The van der Waals surface area contributed by atoms with Crippen molar-refractivity contribution in [1.82, 2.24) is 0 Å². The maximum atomic E-state index is 10.4. The number of hydrogen-bond acceptors (Lipinski definition) is 2. The van der Waals surface area contributed by atoms with E-state index in [1.807, 2.05) is 0 Å². The number of carbonyl (C=O) groups is 1. The molecule has 0 aromatic heterocycles. The van der Waals surface area contributed by atoms with Crippen LogP contribution in [0, 0.1) is 5.92 Å². The van der Waals surface area contributed by atoms with Crippen molar-refractivity contribution in [3.8, 4) is 0 Å². The van der Waals surface area contributed by atoms with E-state index < -0.39 is 11.2 Å². The molecule has 0 aliphatic carbocycles. The van der Waals surface area contributed by atoms with E-state index in [1.165, 1.54) is 12.8 Å². The van der Waals surface area contributed by atoms with Crippen molar-refractivity contribution in [2.24, 2.45) is 5.92 Å². The van der Waals surface area contributed by atoms with Gasteiger partial charge in [0.05, 0.1) is 5.25 Å². The summed E-state index contributed by atoms with van der Waals surface area (Å²) in [4.78, 5) is 10.4. The molecule has 0 amide bonds. The van der Waals surface area contributed by atoms with Crippen molar-refractivity contribution < 1.29 is 9.90 Å². The molecule has 0 saturated heterocycles. The van der Waals surface area contributed by atoms with Crippen LogP contribution in [0.1, 0.15) is 46.0 Å². The fourth-order valence-corrected chi connectivity index (χ4v) is 1.37. The summed E-state index contributed by atoms with van der Waals surface area (Å²) in [6.07, 6.45) is 5.24. The van der Waals surface area contributed by atoms with E-state index in [0.29, 0.717) is 6.42 Å². The highest BCUT2D eigenvalue weighted by Crippen LogP contribution is 2.12. The molecule has 0 rings (SSSR count). The Kier molecular flexibility index (Phi) is 7.14. The number of rotatable bonds is 7. The lowest BCUT2D eigenvalue weighted by Gasteiger charge is -2.06. The fraction of sp³-hybridized carbons (Fsp3) is 0.900. The van der Waals surface area contributed by atoms with Crippen LogP contribution >= 0.6 is 12.6 Å². The van der Waals surface area contributed by atoms with Gasteiger partial charge in [0.1, 0.15) is 0 Å². The third-order valence-electron chi connectivity index (χ3n) is 2.04. The second kappa shape index (κ2) is 7.25. The molecule has 0 aliphatic heterocycles. The quantitative estimate of drug-likeness (QED) is 0.494. The molecule has 0 radical (unpaired) electrons. The van der Waals surface area contributed by atoms with E-state index in [4.69, 9.17) is 5.11 Å². The lowest BCUT2D eigenvalue weighted by Crippen LogP contribution is -2.12. The van der Waals surface area contributed by atoms with Gasteiger partial charge in [0.25, 0.3) is 0 Å². The summed E-state index contributed by atoms with van der Waals surface area (Å²) in [5, 5.41) is 8.08. The number of unbranched alkanes of at least 4 members (excludes halogenated alkanes) is 2. The van der Waals surface area contributed by atoms with Gasteiger partial charge in [0.15, 0.2) is 0 Å². The highest BCUT2D eigenvalue weighted by Gasteiger charge is 2.10. The SMILES string of the molecule is CC(C)CCCCC[C@H](S)C(=O)O. The maximum absolute atomic E-state index is 10.4. The second-order valence-corrected chi connectivity index (χ2v) is 4.51. The van der Waals surface area contributed by atoms with E-state index in [9.17, 15) is 4.79 Å². The number of thiol groups is 1. The van der Waals surface area contributed by atoms with Crippen LogP contribution in [-0.4, -0.2) is 16.3 Å². The van der Waals surface area contributed by atoms with Crippen LogP contribution in [0.25, 0.3) is 0 Å². The molecule has 3 heteroatoms. The summed E-state index contributed by atoms with van der Waals surface area (Å²) in [5.74, 6) is -0.0431. The first kappa shape index (κ1) is 12.8. The Morgan fingerprint density at radius 3 is 2.23 bits per heavy atom. The van der Waals surface area contributed by atoms with E-state index in [-0.39, 0.29) is 0 Å². The Morgan fingerprint density at radius 1 is 1.23 bits per heavy atom. The topological polar surface area (TPSA) is 37.3 Å². The van der Waals surface area contributed by atoms with Crippen molar-refractivity contribution >= 4 is 18.6 Å². The Labute approximate surface area is 86.1 Å². The summed E-state index contributed by atoms with van der Waals surface area (Å²) in [5.41, 5.74) is 0. The zero-order valence-electron chi connectivity index (χ0n) is 8.49. The molecule has 0 spiro atoms. The lowest BCUT2D eigenvalue weighted by molar-refractivity contribution is -0.136. The van der Waals surface area contributed by atoms with Gasteiger partial charge in [-0.2, -0.15) is 12.6 Å². The minimum Gasteiger partial charge on any atom is -0.480 e. The Balaban J connectivity index is 3.21. The van der Waals surface area contributed by atoms with Gasteiger partial charge in [-0.3, -0.25) is 4.79 Å². The predicted octanol–water partition coefficient (Wildman–Crippen LogP) is 2.98. The molecular weight excluding hydrogens is 184 g/mol. The van der Waals surface area contributed by atoms with Crippen LogP contribution in [-0.2, 0) is 4.79 Å². The molecule has 0 heterocycles. The van der Waals surface area contributed by atoms with E-state index in [1.54, 1.807) is 0 Å². The molecule has 2 nitrogen and oxygen atoms in total. The monoisotopic (exact) mass is 204 g/mol. The van der Waals surface area contributed by atoms with Crippen molar-refractivity contribution in [2.45, 2.75) is 51.2 Å². The first-order valence-electron chi connectivity index (χ1n) is 4.95. The molecule has 13 heavy (non-hydrogen) atoms. The summed E-state index contributed by atoms with van der Waals surface area (Å²) in [7, 11) is 0. The average Bonchev–Trinajstić information content (AvgIpc) is 2.02. The highest BCUT2D eigenvalue weighted by molar-refractivity contribution is 7.81. The Hall–Kier alpha value is -0.180. The first-order chi connectivity index (χ1) is 6.04. The minimum atomic E-state index is -0.799. The highest BCUT2D eigenvalue weighted by atomic mass is 32.1. The van der Waals surface area contributed by atoms with Gasteiger partial charge in [-0.05, 0) is 12.3 Å². The third kappa shape index (κ3) is 8.16. The molecule has 0 aromatic rings. The van der Waals surface area contributed by atoms with Gasteiger partial charge in [-0.25, -0.2) is 0 Å². The van der Waals surface area contributed by atoms with Gasteiger partial charge >= 0.3 is 5.97 Å². The van der Waals surface area contributed by atoms with Crippen molar-refractivity contribution in [3.63, 3.8) is 0 Å². The summed E-state index contributed by atoms with van der Waals surface area (Å²) >= 11 is 3.97. The molecule has 0 bridgehead atoms. The first-order valence-corrected chi connectivity index (χ1v) is 5.46. The van der Waals surface area contributed by atoms with E-state index >= 15 is 0 Å². The van der Waals surface area contributed by atoms with Crippen LogP contribution in [0.5, 0.6) is 0 Å². The summed E-state index contributed by atoms with van der Waals surface area (Å²) in [6, 6.07) is 0. The van der Waals surface area contributed by atoms with Gasteiger partial charge in [-0.1, -0.05) is 39.5 Å². The number of carboxylic acids is 1. The minimum absolute atomic E-state index is 0.473. The average molecular weight is 204 g/mol. The molecule has 0 unspecified atom stereocenters. The van der Waals surface area contributed by atoms with Gasteiger partial charge in [-0.15, -0.1) is 0 Å². The standard InChI is InChI=1S/C10H20O2S/c1-8(2)6-4-3-5-7-9(13)10(11)12/h8-9,13H,3-7H2,1-2H3,(H,11,12)/t9-/m0/s1. The fourth-order valence-electron chi connectivity index (χ4n) is 1.19. The van der Waals surface area contributed by atoms with E-state index in [2.05, 4.69) is 26.5 Å². The number of carboxylic acid groups (broad SMARTS) is 1. The van der Waals surface area contributed by atoms with Gasteiger partial charge in [0, 0.05) is 0 Å². The second-order valence-electron chi connectivity index (χ2n) is 3.89. The van der Waals surface area contributed by atoms with Crippen LogP contribution < -0.4 is 0 Å². The molecule has 78 valence electrons. The summed E-state index contributed by atoms with van der Waals surface area (Å²) < 4.78 is 0. The zero-order valence-corrected chi connectivity index (χ0v) is 9.39. The summed E-state index contributed by atoms with van der Waals surface area (Å²) in [6.45, 7) is 4.41. The van der Waals surface area contributed by atoms with Crippen molar-refractivity contribution in [2.75, 3.05) is 0 Å². The molecule has 0 aromatic carbocycles. The van der Waals surface area contributed by atoms with Gasteiger partial charge in [0.2, 0.25) is 0 Å². The van der Waals surface area contributed by atoms with Crippen molar-refractivity contribution in [1.29, 1.82) is 0 Å². The normalized spacial score (nSPS) is 13.2. The largest absolute Gasteiger partial charge is 0.480 e. The Bertz CT molecular complexity index is 146. The van der Waals surface area contributed by atoms with Crippen LogP contribution in [0.3, 0.4) is 0 Å². The van der Waals surface area contributed by atoms with E-state index in [0.717, 1.165) is 18.8 Å². The third-order valence-corrected chi connectivity index (χ3v) is 2.52. The molecule has 0 aliphatic rings. The zero-order chi connectivity index (χ0) is 10.3.